The van der Waals surface area contributed by atoms with Crippen molar-refractivity contribution < 1.29 is 9.53 Å². The van der Waals surface area contributed by atoms with Crippen LogP contribution >= 0.6 is 0 Å². The van der Waals surface area contributed by atoms with Crippen LogP contribution in [0.5, 0.6) is 0 Å². The zero-order valence-corrected chi connectivity index (χ0v) is 17.8. The van der Waals surface area contributed by atoms with Gasteiger partial charge >= 0.3 is 0 Å². The molecule has 1 amide bonds. The maximum absolute atomic E-state index is 13.1. The lowest BCUT2D eigenvalue weighted by atomic mass is 9.53. The number of ether oxygens (including phenoxy) is 1. The molecule has 6 fully saturated rings. The molecule has 1 unspecified atom stereocenters. The van der Waals surface area contributed by atoms with Crippen molar-refractivity contribution in [3.63, 3.8) is 0 Å². The number of piperidine rings is 1. The average Bonchev–Trinajstić information content (AvgIpc) is 2.67. The van der Waals surface area contributed by atoms with Crippen LogP contribution in [0.15, 0.2) is 0 Å². The van der Waals surface area contributed by atoms with Crippen molar-refractivity contribution >= 4 is 5.91 Å². The van der Waals surface area contributed by atoms with Gasteiger partial charge in [-0.3, -0.25) is 9.69 Å². The Kier molecular flexibility index (Phi) is 5.47. The molecule has 6 aliphatic rings. The quantitative estimate of drug-likeness (QED) is 0.764. The highest BCUT2D eigenvalue weighted by molar-refractivity contribution is 5.82. The van der Waals surface area contributed by atoms with E-state index in [9.17, 15) is 4.79 Å². The fourth-order valence-corrected chi connectivity index (χ4v) is 7.67. The number of nitrogens with zero attached hydrogens (tertiary/aromatic N) is 1. The Balaban J connectivity index is 1.11. The minimum absolute atomic E-state index is 0.00337. The molecule has 1 heterocycles. The lowest BCUT2D eigenvalue weighted by Gasteiger charge is -2.57. The molecule has 0 aromatic heterocycles. The molecular weight excluding hydrogens is 348 g/mol. The van der Waals surface area contributed by atoms with Crippen molar-refractivity contribution in [3.05, 3.63) is 0 Å². The van der Waals surface area contributed by atoms with E-state index in [2.05, 4.69) is 17.1 Å². The predicted molar refractivity (Wildman–Crippen MR) is 111 cm³/mol. The fraction of sp³-hybridized carbons (Fsp3) is 0.958. The van der Waals surface area contributed by atoms with Gasteiger partial charge in [0, 0.05) is 18.6 Å². The molecule has 0 radical (unpaired) electrons. The highest BCUT2D eigenvalue weighted by Gasteiger charge is 2.51. The molecule has 5 saturated carbocycles. The summed E-state index contributed by atoms with van der Waals surface area (Å²) in [5.41, 5.74) is 0.141. The van der Waals surface area contributed by atoms with Crippen molar-refractivity contribution in [3.8, 4) is 0 Å². The van der Waals surface area contributed by atoms with Crippen molar-refractivity contribution in [1.29, 1.82) is 0 Å². The van der Waals surface area contributed by atoms with Gasteiger partial charge in [0.25, 0.3) is 0 Å². The van der Waals surface area contributed by atoms with E-state index in [0.29, 0.717) is 12.2 Å². The van der Waals surface area contributed by atoms with Crippen LogP contribution in [-0.2, 0) is 9.53 Å². The fourth-order valence-electron chi connectivity index (χ4n) is 7.67. The smallest absolute Gasteiger partial charge is 0.237 e. The number of rotatable bonds is 5. The molecule has 4 bridgehead atoms. The molecule has 1 N–H and O–H groups in total. The summed E-state index contributed by atoms with van der Waals surface area (Å²) in [4.78, 5) is 15.5. The summed E-state index contributed by atoms with van der Waals surface area (Å²) in [7, 11) is 0. The maximum atomic E-state index is 13.1. The number of carbonyl (C=O) groups is 1. The number of amides is 1. The summed E-state index contributed by atoms with van der Waals surface area (Å²) >= 11 is 0. The first-order valence-electron chi connectivity index (χ1n) is 12.3. The second-order valence-corrected chi connectivity index (χ2v) is 11.0. The first-order valence-corrected chi connectivity index (χ1v) is 12.3. The van der Waals surface area contributed by atoms with Crippen molar-refractivity contribution in [2.45, 2.75) is 114 Å². The van der Waals surface area contributed by atoms with E-state index in [1.54, 1.807) is 0 Å². The first-order chi connectivity index (χ1) is 13.6. The summed E-state index contributed by atoms with van der Waals surface area (Å²) in [5.74, 6) is 2.94. The zero-order valence-electron chi connectivity index (χ0n) is 17.8. The van der Waals surface area contributed by atoms with Crippen molar-refractivity contribution in [2.75, 3.05) is 13.1 Å². The SMILES string of the molecule is CC(C(=O)NC12CC3CC(CC(C3)C1)C2)N1CCC(OC2CCCCC2)CC1. The molecule has 0 aromatic rings. The van der Waals surface area contributed by atoms with Crippen molar-refractivity contribution in [2.24, 2.45) is 17.8 Å². The highest BCUT2D eigenvalue weighted by atomic mass is 16.5. The van der Waals surface area contributed by atoms with Gasteiger partial charge in [0.05, 0.1) is 18.2 Å². The van der Waals surface area contributed by atoms with Gasteiger partial charge in [-0.1, -0.05) is 19.3 Å². The van der Waals surface area contributed by atoms with Crippen LogP contribution in [0, 0.1) is 17.8 Å². The minimum Gasteiger partial charge on any atom is -0.375 e. The Morgan fingerprint density at radius 2 is 1.43 bits per heavy atom. The normalized spacial score (nSPS) is 40.5. The van der Waals surface area contributed by atoms with Gasteiger partial charge < -0.3 is 10.1 Å². The van der Waals surface area contributed by atoms with E-state index in [1.807, 2.05) is 0 Å². The molecule has 4 heteroatoms. The number of likely N-dealkylation sites (tertiary alicyclic amines) is 1. The van der Waals surface area contributed by atoms with E-state index in [1.165, 1.54) is 70.6 Å². The van der Waals surface area contributed by atoms with E-state index < -0.39 is 0 Å². The van der Waals surface area contributed by atoms with E-state index in [4.69, 9.17) is 4.74 Å². The molecular formula is C24H40N2O2. The van der Waals surface area contributed by atoms with Gasteiger partial charge in [0.1, 0.15) is 0 Å². The van der Waals surface area contributed by atoms with E-state index in [-0.39, 0.29) is 17.5 Å². The van der Waals surface area contributed by atoms with E-state index >= 15 is 0 Å². The standard InChI is InChI=1S/C24H40N2O2/c1-17(26-9-7-22(8-10-26)28-21-5-3-2-4-6-21)23(27)25-24-14-18-11-19(15-24)13-20(12-18)16-24/h17-22H,2-16H2,1H3,(H,25,27). The van der Waals surface area contributed by atoms with Crippen molar-refractivity contribution in [1.82, 2.24) is 10.2 Å². The molecule has 6 rings (SSSR count). The largest absolute Gasteiger partial charge is 0.375 e. The van der Waals surface area contributed by atoms with Gasteiger partial charge in [-0.2, -0.15) is 0 Å². The number of nitrogens with one attached hydrogen (secondary N) is 1. The average molecular weight is 389 g/mol. The molecule has 1 saturated heterocycles. The van der Waals surface area contributed by atoms with Crippen LogP contribution in [0.1, 0.15) is 90.4 Å². The molecule has 28 heavy (non-hydrogen) atoms. The Morgan fingerprint density at radius 3 is 2.00 bits per heavy atom. The van der Waals surface area contributed by atoms with Crippen LogP contribution in [0.2, 0.25) is 0 Å². The van der Waals surface area contributed by atoms with Crippen LogP contribution in [0.3, 0.4) is 0 Å². The summed E-state index contributed by atoms with van der Waals surface area (Å²) in [6.45, 7) is 4.14. The molecule has 4 nitrogen and oxygen atoms in total. The Labute approximate surface area is 171 Å². The summed E-state index contributed by atoms with van der Waals surface area (Å²) in [6.07, 6.45) is 17.7. The highest BCUT2D eigenvalue weighted by Crippen LogP contribution is 2.55. The van der Waals surface area contributed by atoms with Gasteiger partial charge in [-0.05, 0) is 88.9 Å². The lowest BCUT2D eigenvalue weighted by molar-refractivity contribution is -0.133. The summed E-state index contributed by atoms with van der Waals surface area (Å²) in [5, 5.41) is 3.59. The molecule has 1 atom stereocenters. The van der Waals surface area contributed by atoms with Crippen LogP contribution in [0.25, 0.3) is 0 Å². The van der Waals surface area contributed by atoms with Gasteiger partial charge in [0.2, 0.25) is 5.91 Å². The molecule has 0 spiro atoms. The number of carbonyl (C=O) groups excluding carboxylic acids is 1. The number of hydrogen-bond acceptors (Lipinski definition) is 3. The second-order valence-electron chi connectivity index (χ2n) is 11.0. The van der Waals surface area contributed by atoms with Gasteiger partial charge in [-0.15, -0.1) is 0 Å². The molecule has 0 aromatic carbocycles. The monoisotopic (exact) mass is 388 g/mol. The second kappa shape index (κ2) is 7.91. The Bertz CT molecular complexity index is 528. The third kappa shape index (κ3) is 4.01. The summed E-state index contributed by atoms with van der Waals surface area (Å²) in [6, 6.07) is 0.00337. The van der Waals surface area contributed by atoms with Crippen LogP contribution < -0.4 is 5.32 Å². The summed E-state index contributed by atoms with van der Waals surface area (Å²) < 4.78 is 6.38. The minimum atomic E-state index is 0.00337. The van der Waals surface area contributed by atoms with Gasteiger partial charge in [0.15, 0.2) is 0 Å². The zero-order chi connectivity index (χ0) is 19.1. The number of hydrogen-bond donors (Lipinski definition) is 1. The van der Waals surface area contributed by atoms with Crippen LogP contribution in [0.4, 0.5) is 0 Å². The molecule has 1 aliphatic heterocycles. The Morgan fingerprint density at radius 1 is 0.893 bits per heavy atom. The lowest BCUT2D eigenvalue weighted by Crippen LogP contribution is -2.62. The van der Waals surface area contributed by atoms with E-state index in [0.717, 1.165) is 43.7 Å². The third-order valence-electron chi connectivity index (χ3n) is 8.77. The Hall–Kier alpha value is -0.610. The molecule has 158 valence electrons. The third-order valence-corrected chi connectivity index (χ3v) is 8.77. The first kappa shape index (κ1) is 19.4. The van der Waals surface area contributed by atoms with Gasteiger partial charge in [-0.25, -0.2) is 0 Å². The topological polar surface area (TPSA) is 41.6 Å². The maximum Gasteiger partial charge on any atom is 0.237 e. The predicted octanol–water partition coefficient (Wildman–Crippen LogP) is 4.27. The molecule has 5 aliphatic carbocycles. The van der Waals surface area contributed by atoms with Crippen LogP contribution in [-0.4, -0.2) is 47.7 Å².